The lowest BCUT2D eigenvalue weighted by Gasteiger charge is -2.02. The highest BCUT2D eigenvalue weighted by Gasteiger charge is 2.03. The van der Waals surface area contributed by atoms with Crippen molar-refractivity contribution in [2.75, 3.05) is 13.7 Å². The zero-order valence-corrected chi connectivity index (χ0v) is 8.66. The van der Waals surface area contributed by atoms with Crippen molar-refractivity contribution in [3.8, 4) is 0 Å². The molecule has 1 heterocycles. The number of hydrogen-bond donors (Lipinski definition) is 0. The van der Waals surface area contributed by atoms with Crippen LogP contribution in [0.5, 0.6) is 0 Å². The summed E-state index contributed by atoms with van der Waals surface area (Å²) >= 11 is 0. The van der Waals surface area contributed by atoms with E-state index in [-0.39, 0.29) is 0 Å². The molecule has 0 aliphatic rings. The first-order chi connectivity index (χ1) is 6.83. The summed E-state index contributed by atoms with van der Waals surface area (Å²) in [7, 11) is 3.84. The second-order valence-corrected chi connectivity index (χ2v) is 3.50. The molecule has 14 heavy (non-hydrogen) atoms. The predicted octanol–water partition coefficient (Wildman–Crippen LogP) is 2.37. The molecular formula is C12H15NO. The largest absolute Gasteiger partial charge is 0.384 e. The summed E-state index contributed by atoms with van der Waals surface area (Å²) in [5.41, 5.74) is 2.62. The van der Waals surface area contributed by atoms with E-state index in [2.05, 4.69) is 41.9 Å². The minimum absolute atomic E-state index is 0.782. The Kier molecular flexibility index (Phi) is 2.55. The molecule has 0 unspecified atom stereocenters. The lowest BCUT2D eigenvalue weighted by Crippen LogP contribution is -2.00. The molecule has 2 nitrogen and oxygen atoms in total. The standard InChI is InChI=1S/C12H15NO/c1-13-11(7-8-14-2)9-10-5-3-4-6-12(10)13/h3-6,9H,7-8H2,1-2H3. The molecule has 0 bridgehead atoms. The third-order valence-corrected chi connectivity index (χ3v) is 2.61. The molecule has 0 fully saturated rings. The van der Waals surface area contributed by atoms with Gasteiger partial charge < -0.3 is 9.30 Å². The molecule has 1 aromatic heterocycles. The number of nitrogens with zero attached hydrogens (tertiary/aromatic N) is 1. The number of para-hydroxylation sites is 1. The summed E-state index contributed by atoms with van der Waals surface area (Å²) in [4.78, 5) is 0. The molecule has 0 radical (unpaired) electrons. The maximum absolute atomic E-state index is 5.08. The first-order valence-corrected chi connectivity index (χ1v) is 4.85. The molecule has 2 aromatic rings. The number of methoxy groups -OCH3 is 1. The summed E-state index contributed by atoms with van der Waals surface area (Å²) in [5.74, 6) is 0. The van der Waals surface area contributed by atoms with Crippen LogP contribution < -0.4 is 0 Å². The van der Waals surface area contributed by atoms with E-state index in [1.54, 1.807) is 7.11 Å². The van der Waals surface area contributed by atoms with E-state index in [0.717, 1.165) is 13.0 Å². The van der Waals surface area contributed by atoms with Gasteiger partial charge in [0.05, 0.1) is 6.61 Å². The van der Waals surface area contributed by atoms with Gasteiger partial charge in [0.2, 0.25) is 0 Å². The van der Waals surface area contributed by atoms with E-state index in [0.29, 0.717) is 0 Å². The third-order valence-electron chi connectivity index (χ3n) is 2.61. The molecule has 0 saturated carbocycles. The number of hydrogen-bond acceptors (Lipinski definition) is 1. The Morgan fingerprint density at radius 2 is 2.07 bits per heavy atom. The summed E-state index contributed by atoms with van der Waals surface area (Å²) < 4.78 is 7.31. The SMILES string of the molecule is COCCc1cc2ccccc2n1C. The molecule has 0 N–H and O–H groups in total. The van der Waals surface area contributed by atoms with Gasteiger partial charge in [-0.25, -0.2) is 0 Å². The van der Waals surface area contributed by atoms with Crippen LogP contribution in [0.2, 0.25) is 0 Å². The Hall–Kier alpha value is -1.28. The molecule has 0 amide bonds. The second kappa shape index (κ2) is 3.84. The lowest BCUT2D eigenvalue weighted by atomic mass is 10.2. The van der Waals surface area contributed by atoms with E-state index in [4.69, 9.17) is 4.74 Å². The summed E-state index contributed by atoms with van der Waals surface area (Å²) in [6.07, 6.45) is 0.974. The van der Waals surface area contributed by atoms with Gasteiger partial charge in [-0.3, -0.25) is 0 Å². The number of aryl methyl sites for hydroxylation is 1. The Balaban J connectivity index is 2.41. The summed E-state index contributed by atoms with van der Waals surface area (Å²) in [6.45, 7) is 0.782. The minimum Gasteiger partial charge on any atom is -0.384 e. The smallest absolute Gasteiger partial charge is 0.0517 e. The van der Waals surface area contributed by atoms with Crippen molar-refractivity contribution in [2.24, 2.45) is 7.05 Å². The van der Waals surface area contributed by atoms with Gasteiger partial charge in [0.1, 0.15) is 0 Å². The van der Waals surface area contributed by atoms with Gasteiger partial charge in [-0.1, -0.05) is 18.2 Å². The van der Waals surface area contributed by atoms with Crippen LogP contribution in [0.1, 0.15) is 5.69 Å². The number of rotatable bonds is 3. The molecule has 0 saturated heterocycles. The number of benzene rings is 1. The monoisotopic (exact) mass is 189 g/mol. The zero-order valence-electron chi connectivity index (χ0n) is 8.66. The van der Waals surface area contributed by atoms with Crippen LogP contribution in [-0.4, -0.2) is 18.3 Å². The first kappa shape index (κ1) is 9.28. The Morgan fingerprint density at radius 3 is 2.79 bits per heavy atom. The molecule has 2 heteroatoms. The van der Waals surface area contributed by atoms with Crippen LogP contribution in [0, 0.1) is 0 Å². The topological polar surface area (TPSA) is 14.2 Å². The van der Waals surface area contributed by atoms with Crippen molar-refractivity contribution < 1.29 is 4.74 Å². The molecule has 0 atom stereocenters. The van der Waals surface area contributed by atoms with Gasteiger partial charge in [0.25, 0.3) is 0 Å². The average Bonchev–Trinajstić information content (AvgIpc) is 2.54. The second-order valence-electron chi connectivity index (χ2n) is 3.50. The van der Waals surface area contributed by atoms with E-state index >= 15 is 0 Å². The van der Waals surface area contributed by atoms with Gasteiger partial charge in [-0.05, 0) is 17.5 Å². The normalized spacial score (nSPS) is 11.0. The number of aromatic nitrogens is 1. The van der Waals surface area contributed by atoms with E-state index < -0.39 is 0 Å². The summed E-state index contributed by atoms with van der Waals surface area (Å²) in [6, 6.07) is 10.7. The van der Waals surface area contributed by atoms with Crippen LogP contribution >= 0.6 is 0 Å². The van der Waals surface area contributed by atoms with Gasteiger partial charge in [0.15, 0.2) is 0 Å². The van der Waals surface area contributed by atoms with E-state index in [9.17, 15) is 0 Å². The third kappa shape index (κ3) is 1.53. The van der Waals surface area contributed by atoms with Crippen molar-refractivity contribution in [3.05, 3.63) is 36.0 Å². The number of fused-ring (bicyclic) bond motifs is 1. The van der Waals surface area contributed by atoms with Gasteiger partial charge in [-0.15, -0.1) is 0 Å². The van der Waals surface area contributed by atoms with Crippen molar-refractivity contribution in [1.82, 2.24) is 4.57 Å². The van der Waals surface area contributed by atoms with Crippen LogP contribution in [0.15, 0.2) is 30.3 Å². The quantitative estimate of drug-likeness (QED) is 0.723. The first-order valence-electron chi connectivity index (χ1n) is 4.85. The maximum Gasteiger partial charge on any atom is 0.0517 e. The summed E-state index contributed by atoms with van der Waals surface area (Å²) in [5, 5.41) is 1.31. The van der Waals surface area contributed by atoms with E-state index in [1.165, 1.54) is 16.6 Å². The van der Waals surface area contributed by atoms with Crippen molar-refractivity contribution in [3.63, 3.8) is 0 Å². The number of ether oxygens (including phenoxy) is 1. The molecule has 74 valence electrons. The van der Waals surface area contributed by atoms with Crippen LogP contribution in [0.4, 0.5) is 0 Å². The van der Waals surface area contributed by atoms with Crippen molar-refractivity contribution in [2.45, 2.75) is 6.42 Å². The fraction of sp³-hybridized carbons (Fsp3) is 0.333. The Morgan fingerprint density at radius 1 is 1.29 bits per heavy atom. The molecule has 2 rings (SSSR count). The fourth-order valence-corrected chi connectivity index (χ4v) is 1.79. The van der Waals surface area contributed by atoms with Crippen molar-refractivity contribution >= 4 is 10.9 Å². The van der Waals surface area contributed by atoms with E-state index in [1.807, 2.05) is 0 Å². The highest BCUT2D eigenvalue weighted by molar-refractivity contribution is 5.81. The fourth-order valence-electron chi connectivity index (χ4n) is 1.79. The maximum atomic E-state index is 5.08. The van der Waals surface area contributed by atoms with Crippen LogP contribution in [0.25, 0.3) is 10.9 Å². The van der Waals surface area contributed by atoms with Crippen LogP contribution in [-0.2, 0) is 18.2 Å². The molecule has 0 aliphatic carbocycles. The predicted molar refractivity (Wildman–Crippen MR) is 58.5 cm³/mol. The van der Waals surface area contributed by atoms with Gasteiger partial charge in [-0.2, -0.15) is 0 Å². The zero-order chi connectivity index (χ0) is 9.97. The molecule has 0 aliphatic heterocycles. The van der Waals surface area contributed by atoms with Crippen molar-refractivity contribution in [1.29, 1.82) is 0 Å². The Labute approximate surface area is 84.1 Å². The highest BCUT2D eigenvalue weighted by atomic mass is 16.5. The van der Waals surface area contributed by atoms with Crippen LogP contribution in [0.3, 0.4) is 0 Å². The molecule has 1 aromatic carbocycles. The van der Waals surface area contributed by atoms with Gasteiger partial charge >= 0.3 is 0 Å². The average molecular weight is 189 g/mol. The lowest BCUT2D eigenvalue weighted by molar-refractivity contribution is 0.201. The molecular weight excluding hydrogens is 174 g/mol. The Bertz CT molecular complexity index is 431. The highest BCUT2D eigenvalue weighted by Crippen LogP contribution is 2.18. The van der Waals surface area contributed by atoms with Gasteiger partial charge in [0, 0.05) is 31.8 Å². The minimum atomic E-state index is 0.782. The molecule has 0 spiro atoms.